The van der Waals surface area contributed by atoms with Crippen LogP contribution in [0.25, 0.3) is 11.4 Å². The van der Waals surface area contributed by atoms with Crippen molar-refractivity contribution in [2.45, 2.75) is 0 Å². The SMILES string of the molecule is Cn1c(-c2ccc3c(c2)OCCO3)nc(C#N)c1Br. The minimum absolute atomic E-state index is 0.368. The van der Waals surface area contributed by atoms with Crippen LogP contribution in [-0.4, -0.2) is 22.8 Å². The van der Waals surface area contributed by atoms with E-state index in [1.54, 1.807) is 0 Å². The van der Waals surface area contributed by atoms with Crippen molar-refractivity contribution in [3.05, 3.63) is 28.5 Å². The Morgan fingerprint density at radius 2 is 2.05 bits per heavy atom. The van der Waals surface area contributed by atoms with Crippen molar-refractivity contribution in [2.75, 3.05) is 13.2 Å². The number of nitriles is 1. The molecule has 1 aromatic carbocycles. The molecular formula is C13H10BrN3O2. The highest BCUT2D eigenvalue weighted by Gasteiger charge is 2.17. The zero-order valence-corrected chi connectivity index (χ0v) is 11.8. The molecule has 0 unspecified atom stereocenters. The van der Waals surface area contributed by atoms with Crippen LogP contribution in [0.2, 0.25) is 0 Å². The van der Waals surface area contributed by atoms with Crippen LogP contribution in [0.4, 0.5) is 0 Å². The fraction of sp³-hybridized carbons (Fsp3) is 0.231. The summed E-state index contributed by atoms with van der Waals surface area (Å²) in [5.41, 5.74) is 1.25. The van der Waals surface area contributed by atoms with E-state index in [1.165, 1.54) is 0 Å². The number of ether oxygens (including phenoxy) is 2. The summed E-state index contributed by atoms with van der Waals surface area (Å²) in [4.78, 5) is 4.31. The second-order valence-electron chi connectivity index (χ2n) is 4.10. The van der Waals surface area contributed by atoms with Crippen molar-refractivity contribution in [1.82, 2.24) is 9.55 Å². The highest BCUT2D eigenvalue weighted by atomic mass is 79.9. The van der Waals surface area contributed by atoms with Gasteiger partial charge in [0.05, 0.1) is 0 Å². The van der Waals surface area contributed by atoms with Crippen LogP contribution in [0.15, 0.2) is 22.8 Å². The zero-order chi connectivity index (χ0) is 13.4. The molecule has 0 atom stereocenters. The van der Waals surface area contributed by atoms with Gasteiger partial charge in [-0.2, -0.15) is 5.26 Å². The van der Waals surface area contributed by atoms with E-state index in [4.69, 9.17) is 14.7 Å². The lowest BCUT2D eigenvalue weighted by Gasteiger charge is -2.18. The van der Waals surface area contributed by atoms with E-state index in [1.807, 2.05) is 29.8 Å². The summed E-state index contributed by atoms with van der Waals surface area (Å²) < 4.78 is 13.5. The van der Waals surface area contributed by atoms with E-state index in [0.29, 0.717) is 35.1 Å². The van der Waals surface area contributed by atoms with Gasteiger partial charge in [0.15, 0.2) is 17.2 Å². The largest absolute Gasteiger partial charge is 0.486 e. The molecule has 2 heterocycles. The van der Waals surface area contributed by atoms with Crippen molar-refractivity contribution in [2.24, 2.45) is 7.05 Å². The lowest BCUT2D eigenvalue weighted by atomic mass is 10.2. The Morgan fingerprint density at radius 3 is 2.74 bits per heavy atom. The van der Waals surface area contributed by atoms with Crippen molar-refractivity contribution < 1.29 is 9.47 Å². The number of hydrogen-bond acceptors (Lipinski definition) is 4. The molecular weight excluding hydrogens is 310 g/mol. The van der Waals surface area contributed by atoms with Gasteiger partial charge >= 0.3 is 0 Å². The van der Waals surface area contributed by atoms with Gasteiger partial charge in [-0.1, -0.05) is 0 Å². The van der Waals surface area contributed by atoms with E-state index < -0.39 is 0 Å². The predicted octanol–water partition coefficient (Wildman–Crippen LogP) is 2.49. The number of benzene rings is 1. The molecule has 19 heavy (non-hydrogen) atoms. The topological polar surface area (TPSA) is 60.1 Å². The minimum Gasteiger partial charge on any atom is -0.486 e. The molecule has 6 heteroatoms. The van der Waals surface area contributed by atoms with Gasteiger partial charge in [0.1, 0.15) is 29.7 Å². The maximum atomic E-state index is 8.99. The molecule has 1 aromatic heterocycles. The van der Waals surface area contributed by atoms with Crippen molar-refractivity contribution in [3.63, 3.8) is 0 Å². The first kappa shape index (κ1) is 12.1. The van der Waals surface area contributed by atoms with E-state index in [9.17, 15) is 0 Å². The Balaban J connectivity index is 2.10. The second kappa shape index (κ2) is 4.59. The molecule has 0 radical (unpaired) electrons. The van der Waals surface area contributed by atoms with Gasteiger partial charge in [0.25, 0.3) is 0 Å². The van der Waals surface area contributed by atoms with Gasteiger partial charge in [0, 0.05) is 12.6 Å². The quantitative estimate of drug-likeness (QED) is 0.810. The molecule has 0 fully saturated rings. The number of aromatic nitrogens is 2. The number of halogens is 1. The first-order valence-electron chi connectivity index (χ1n) is 5.73. The summed E-state index contributed by atoms with van der Waals surface area (Å²) in [6, 6.07) is 7.70. The average Bonchev–Trinajstić information content (AvgIpc) is 2.74. The summed E-state index contributed by atoms with van der Waals surface area (Å²) in [5, 5.41) is 8.99. The van der Waals surface area contributed by atoms with Gasteiger partial charge in [-0.05, 0) is 34.1 Å². The molecule has 2 aromatic rings. The van der Waals surface area contributed by atoms with Crippen LogP contribution in [0.5, 0.6) is 11.5 Å². The third-order valence-electron chi connectivity index (χ3n) is 2.93. The highest BCUT2D eigenvalue weighted by Crippen LogP contribution is 2.35. The Hall–Kier alpha value is -2.00. The summed E-state index contributed by atoms with van der Waals surface area (Å²) in [7, 11) is 1.85. The molecule has 5 nitrogen and oxygen atoms in total. The van der Waals surface area contributed by atoms with Gasteiger partial charge in [0.2, 0.25) is 0 Å². The number of fused-ring (bicyclic) bond motifs is 1. The summed E-state index contributed by atoms with van der Waals surface area (Å²) in [5.74, 6) is 2.16. The van der Waals surface area contributed by atoms with Gasteiger partial charge < -0.3 is 14.0 Å². The van der Waals surface area contributed by atoms with E-state index in [-0.39, 0.29) is 0 Å². The maximum Gasteiger partial charge on any atom is 0.173 e. The van der Waals surface area contributed by atoms with E-state index >= 15 is 0 Å². The lowest BCUT2D eigenvalue weighted by molar-refractivity contribution is 0.171. The van der Waals surface area contributed by atoms with Crippen LogP contribution in [0.1, 0.15) is 5.69 Å². The average molecular weight is 320 g/mol. The lowest BCUT2D eigenvalue weighted by Crippen LogP contribution is -2.15. The molecule has 3 rings (SSSR count). The molecule has 96 valence electrons. The molecule has 0 bridgehead atoms. The number of imidazole rings is 1. The van der Waals surface area contributed by atoms with Crippen molar-refractivity contribution >= 4 is 15.9 Å². The molecule has 0 spiro atoms. The molecule has 0 saturated heterocycles. The Labute approximate surface area is 118 Å². The van der Waals surface area contributed by atoms with Crippen LogP contribution < -0.4 is 9.47 Å². The second-order valence-corrected chi connectivity index (χ2v) is 4.86. The van der Waals surface area contributed by atoms with Crippen LogP contribution in [0, 0.1) is 11.3 Å². The third-order valence-corrected chi connectivity index (χ3v) is 3.84. The first-order valence-corrected chi connectivity index (χ1v) is 6.52. The third kappa shape index (κ3) is 1.96. The maximum absolute atomic E-state index is 8.99. The standard InChI is InChI=1S/C13H10BrN3O2/c1-17-12(14)9(7-15)16-13(17)8-2-3-10-11(6-8)19-5-4-18-10/h2-3,6H,4-5H2,1H3. The number of hydrogen-bond donors (Lipinski definition) is 0. The van der Waals surface area contributed by atoms with Gasteiger partial charge in [-0.25, -0.2) is 4.98 Å². The summed E-state index contributed by atoms with van der Waals surface area (Å²) in [6.07, 6.45) is 0. The minimum atomic E-state index is 0.368. The molecule has 1 aliphatic heterocycles. The van der Waals surface area contributed by atoms with Gasteiger partial charge in [-0.3, -0.25) is 0 Å². The fourth-order valence-electron chi connectivity index (χ4n) is 1.99. The van der Waals surface area contributed by atoms with E-state index in [2.05, 4.69) is 27.0 Å². The van der Waals surface area contributed by atoms with E-state index in [0.717, 1.165) is 11.3 Å². The van der Waals surface area contributed by atoms with Crippen molar-refractivity contribution in [1.29, 1.82) is 5.26 Å². The Bertz CT molecular complexity index is 688. The van der Waals surface area contributed by atoms with Crippen LogP contribution in [0.3, 0.4) is 0 Å². The van der Waals surface area contributed by atoms with Crippen LogP contribution >= 0.6 is 15.9 Å². The fourth-order valence-corrected chi connectivity index (χ4v) is 2.34. The molecule has 0 aliphatic carbocycles. The van der Waals surface area contributed by atoms with Crippen LogP contribution in [-0.2, 0) is 7.05 Å². The summed E-state index contributed by atoms with van der Waals surface area (Å²) in [6.45, 7) is 1.11. The highest BCUT2D eigenvalue weighted by molar-refractivity contribution is 9.10. The zero-order valence-electron chi connectivity index (χ0n) is 10.2. The Kier molecular flexibility index (Phi) is 2.91. The molecule has 0 amide bonds. The normalized spacial score (nSPS) is 13.1. The summed E-state index contributed by atoms with van der Waals surface area (Å²) >= 11 is 3.36. The monoisotopic (exact) mass is 319 g/mol. The van der Waals surface area contributed by atoms with Gasteiger partial charge in [-0.15, -0.1) is 0 Å². The Morgan fingerprint density at radius 1 is 1.32 bits per heavy atom. The van der Waals surface area contributed by atoms with Crippen molar-refractivity contribution in [3.8, 4) is 29.0 Å². The predicted molar refractivity (Wildman–Crippen MR) is 72.0 cm³/mol. The smallest absolute Gasteiger partial charge is 0.173 e. The molecule has 0 N–H and O–H groups in total. The molecule has 0 saturated carbocycles. The number of rotatable bonds is 1. The first-order chi connectivity index (χ1) is 9.20. The molecule has 1 aliphatic rings. The number of nitrogens with zero attached hydrogens (tertiary/aromatic N) is 3.